The van der Waals surface area contributed by atoms with E-state index in [-0.39, 0.29) is 49.6 Å². The first-order valence-corrected chi connectivity index (χ1v) is 4.43. The molecule has 0 radical (unpaired) electrons. The molecule has 4 N–H and O–H groups in total. The lowest BCUT2D eigenvalue weighted by Crippen LogP contribution is -2.42. The molecular weight excluding hydrogens is 267 g/mol. The summed E-state index contributed by atoms with van der Waals surface area (Å²) in [4.78, 5) is 26.1. The maximum absolute atomic E-state index is 11.4. The minimum atomic E-state index is -0.386. The third kappa shape index (κ3) is 6.72. The molecule has 0 saturated carbocycles. The summed E-state index contributed by atoms with van der Waals surface area (Å²) >= 11 is 0. The lowest BCUT2D eigenvalue weighted by molar-refractivity contribution is -0.121. The summed E-state index contributed by atoms with van der Waals surface area (Å²) in [5.41, 5.74) is 10.1. The van der Waals surface area contributed by atoms with Crippen LogP contribution in [0.4, 0.5) is 0 Å². The second-order valence-corrected chi connectivity index (χ2v) is 2.78. The highest BCUT2D eigenvalue weighted by Gasteiger charge is 2.05. The minimum Gasteiger partial charge on any atom is -0.330 e. The summed E-state index contributed by atoms with van der Waals surface area (Å²) in [6.07, 6.45) is 3.17. The Morgan fingerprint density at radius 1 is 1.18 bits per heavy atom. The van der Waals surface area contributed by atoms with Gasteiger partial charge in [-0.1, -0.05) is 0 Å². The lowest BCUT2D eigenvalue weighted by Gasteiger charge is -2.05. The largest absolute Gasteiger partial charge is 0.330 e. The molecule has 17 heavy (non-hydrogen) atoms. The summed E-state index contributed by atoms with van der Waals surface area (Å²) < 4.78 is 0. The van der Waals surface area contributed by atoms with Gasteiger partial charge in [0, 0.05) is 30.9 Å². The van der Waals surface area contributed by atoms with E-state index >= 15 is 0 Å². The van der Waals surface area contributed by atoms with Gasteiger partial charge in [0.2, 0.25) is 5.91 Å². The number of nitrogens with zero attached hydrogens (tertiary/aromatic N) is 1. The molecular formula is C9H14Cl2N4O2. The molecule has 0 aliphatic carbocycles. The number of aromatic nitrogens is 1. The van der Waals surface area contributed by atoms with Crippen molar-refractivity contribution < 1.29 is 9.59 Å². The van der Waals surface area contributed by atoms with Crippen LogP contribution in [0.3, 0.4) is 0 Å². The van der Waals surface area contributed by atoms with Crippen molar-refractivity contribution in [2.75, 3.05) is 6.54 Å². The van der Waals surface area contributed by atoms with Crippen LogP contribution in [0, 0.1) is 0 Å². The van der Waals surface area contributed by atoms with Crippen LogP contribution >= 0.6 is 24.8 Å². The third-order valence-electron chi connectivity index (χ3n) is 1.63. The summed E-state index contributed by atoms with van der Waals surface area (Å²) in [5, 5.41) is 0. The van der Waals surface area contributed by atoms with E-state index < -0.39 is 0 Å². The first-order valence-electron chi connectivity index (χ1n) is 4.43. The summed E-state index contributed by atoms with van der Waals surface area (Å²) in [7, 11) is 0. The molecule has 1 heterocycles. The van der Waals surface area contributed by atoms with Gasteiger partial charge in [0.05, 0.1) is 0 Å². The van der Waals surface area contributed by atoms with E-state index in [4.69, 9.17) is 5.73 Å². The van der Waals surface area contributed by atoms with Gasteiger partial charge in [0.15, 0.2) is 0 Å². The van der Waals surface area contributed by atoms with Crippen LogP contribution in [0.5, 0.6) is 0 Å². The van der Waals surface area contributed by atoms with Gasteiger partial charge in [-0.05, 0) is 12.1 Å². The SMILES string of the molecule is Cl.Cl.NCCC(=O)NNC(=O)c1ccncc1. The van der Waals surface area contributed by atoms with Gasteiger partial charge in [-0.15, -0.1) is 24.8 Å². The van der Waals surface area contributed by atoms with E-state index in [0.29, 0.717) is 5.56 Å². The number of carbonyl (C=O) groups excluding carboxylic acids is 2. The fourth-order valence-electron chi connectivity index (χ4n) is 0.896. The van der Waals surface area contributed by atoms with Gasteiger partial charge < -0.3 is 5.73 Å². The first-order chi connectivity index (χ1) is 7.24. The Morgan fingerprint density at radius 2 is 1.76 bits per heavy atom. The van der Waals surface area contributed by atoms with Crippen LogP contribution in [0.2, 0.25) is 0 Å². The number of hydrazine groups is 1. The zero-order valence-corrected chi connectivity index (χ0v) is 10.5. The van der Waals surface area contributed by atoms with E-state index in [9.17, 15) is 9.59 Å². The maximum Gasteiger partial charge on any atom is 0.269 e. The highest BCUT2D eigenvalue weighted by molar-refractivity contribution is 5.95. The highest BCUT2D eigenvalue weighted by Crippen LogP contribution is 1.94. The molecule has 0 spiro atoms. The molecule has 0 aromatic carbocycles. The van der Waals surface area contributed by atoms with Gasteiger partial charge in [-0.25, -0.2) is 0 Å². The molecule has 0 aliphatic rings. The normalized spacial score (nSPS) is 8.29. The molecule has 6 nitrogen and oxygen atoms in total. The van der Waals surface area contributed by atoms with Crippen LogP contribution in [-0.2, 0) is 4.79 Å². The smallest absolute Gasteiger partial charge is 0.269 e. The topological polar surface area (TPSA) is 97.1 Å². The van der Waals surface area contributed by atoms with Gasteiger partial charge in [0.1, 0.15) is 0 Å². The molecule has 0 saturated heterocycles. The number of halogens is 2. The first kappa shape index (κ1) is 18.0. The monoisotopic (exact) mass is 280 g/mol. The second kappa shape index (κ2) is 9.83. The van der Waals surface area contributed by atoms with Gasteiger partial charge >= 0.3 is 0 Å². The van der Waals surface area contributed by atoms with Crippen LogP contribution in [-0.4, -0.2) is 23.3 Å². The quantitative estimate of drug-likeness (QED) is 0.681. The number of nitrogens with one attached hydrogen (secondary N) is 2. The van der Waals surface area contributed by atoms with E-state index in [0.717, 1.165) is 0 Å². The Bertz CT molecular complexity index is 348. The summed E-state index contributed by atoms with van der Waals surface area (Å²) in [5.74, 6) is -0.706. The number of nitrogens with two attached hydrogens (primary N) is 1. The van der Waals surface area contributed by atoms with Crippen LogP contribution in [0.15, 0.2) is 24.5 Å². The minimum absolute atomic E-state index is 0. The van der Waals surface area contributed by atoms with E-state index in [1.807, 2.05) is 0 Å². The van der Waals surface area contributed by atoms with Crippen LogP contribution in [0.1, 0.15) is 16.8 Å². The number of hydrogen-bond acceptors (Lipinski definition) is 4. The predicted octanol–water partition coefficient (Wildman–Crippen LogP) is 0.0350. The van der Waals surface area contributed by atoms with Crippen molar-refractivity contribution >= 4 is 36.6 Å². The molecule has 1 aromatic rings. The van der Waals surface area contributed by atoms with Crippen molar-refractivity contribution in [3.05, 3.63) is 30.1 Å². The van der Waals surface area contributed by atoms with Crippen molar-refractivity contribution in [1.82, 2.24) is 15.8 Å². The Balaban J connectivity index is 0. The van der Waals surface area contributed by atoms with Gasteiger partial charge in [-0.2, -0.15) is 0 Å². The van der Waals surface area contributed by atoms with E-state index in [2.05, 4.69) is 15.8 Å². The number of hydrogen-bond donors (Lipinski definition) is 3. The van der Waals surface area contributed by atoms with Crippen molar-refractivity contribution in [2.45, 2.75) is 6.42 Å². The van der Waals surface area contributed by atoms with Gasteiger partial charge in [-0.3, -0.25) is 25.4 Å². The molecule has 1 aromatic heterocycles. The van der Waals surface area contributed by atoms with Crippen molar-refractivity contribution in [1.29, 1.82) is 0 Å². The predicted molar refractivity (Wildman–Crippen MR) is 68.0 cm³/mol. The van der Waals surface area contributed by atoms with Crippen molar-refractivity contribution in [3.63, 3.8) is 0 Å². The molecule has 0 bridgehead atoms. The Labute approximate surface area is 111 Å². The molecule has 0 unspecified atom stereocenters. The Morgan fingerprint density at radius 3 is 2.29 bits per heavy atom. The zero-order valence-electron chi connectivity index (χ0n) is 8.88. The molecule has 0 fully saturated rings. The zero-order chi connectivity index (χ0) is 11.1. The molecule has 0 atom stereocenters. The third-order valence-corrected chi connectivity index (χ3v) is 1.63. The lowest BCUT2D eigenvalue weighted by atomic mass is 10.3. The van der Waals surface area contributed by atoms with E-state index in [1.165, 1.54) is 12.4 Å². The average Bonchev–Trinajstić information content (AvgIpc) is 2.27. The second-order valence-electron chi connectivity index (χ2n) is 2.78. The maximum atomic E-state index is 11.4. The van der Waals surface area contributed by atoms with Crippen molar-refractivity contribution in [2.24, 2.45) is 5.73 Å². The summed E-state index contributed by atoms with van der Waals surface area (Å²) in [6.45, 7) is 0.247. The molecule has 96 valence electrons. The number of pyridine rings is 1. The molecule has 0 aliphatic heterocycles. The molecule has 1 rings (SSSR count). The van der Waals surface area contributed by atoms with E-state index in [1.54, 1.807) is 12.1 Å². The fourth-order valence-corrected chi connectivity index (χ4v) is 0.896. The number of carbonyl (C=O) groups is 2. The molecule has 2 amide bonds. The average molecular weight is 281 g/mol. The fraction of sp³-hybridized carbons (Fsp3) is 0.222. The Kier molecular flexibility index (Phi) is 10.4. The van der Waals surface area contributed by atoms with Crippen molar-refractivity contribution in [3.8, 4) is 0 Å². The van der Waals surface area contributed by atoms with Gasteiger partial charge in [0.25, 0.3) is 5.91 Å². The summed E-state index contributed by atoms with van der Waals surface area (Å²) in [6, 6.07) is 3.09. The standard InChI is InChI=1S/C9H12N4O2.2ClH/c10-4-1-8(14)12-13-9(15)7-2-5-11-6-3-7;;/h2-3,5-6H,1,4,10H2,(H,12,14)(H,13,15);2*1H. The Hall–Kier alpha value is -1.37. The number of amides is 2. The highest BCUT2D eigenvalue weighted by atomic mass is 35.5. The van der Waals surface area contributed by atoms with Crippen LogP contribution in [0.25, 0.3) is 0 Å². The number of rotatable bonds is 3. The van der Waals surface area contributed by atoms with Crippen LogP contribution < -0.4 is 16.6 Å². The molecule has 8 heteroatoms.